The fraction of sp³-hybridized carbons (Fsp3) is 0.333. The van der Waals surface area contributed by atoms with Crippen LogP contribution in [0.1, 0.15) is 35.4 Å². The molecule has 2 aromatic rings. The molecule has 4 N–H and O–H groups in total. The van der Waals surface area contributed by atoms with Crippen LogP contribution in [0.2, 0.25) is 0 Å². The highest BCUT2D eigenvalue weighted by Crippen LogP contribution is 2.25. The number of anilines is 2. The maximum absolute atomic E-state index is 12.4. The number of rotatable bonds is 4. The van der Waals surface area contributed by atoms with Crippen molar-refractivity contribution >= 4 is 34.5 Å². The molecule has 2 amide bonds. The van der Waals surface area contributed by atoms with Crippen molar-refractivity contribution in [2.75, 3.05) is 10.6 Å². The summed E-state index contributed by atoms with van der Waals surface area (Å²) in [6.07, 6.45) is 3.61. The lowest BCUT2D eigenvalue weighted by Crippen LogP contribution is -2.34. The standard InChI is InChI=1S/C18H21N3O2S/c19-13-5-1-4-12(10-13)17(22)20-14-6-2-7-15(11-14)21-18(23)16-8-3-9-24-16/h2-3,6-9,11-13H,1,4-5,10,19H2,(H,20,22)(H,21,23). The Morgan fingerprint density at radius 1 is 1.08 bits per heavy atom. The molecule has 1 aromatic carbocycles. The van der Waals surface area contributed by atoms with E-state index in [9.17, 15) is 9.59 Å². The van der Waals surface area contributed by atoms with Gasteiger partial charge in [-0.05, 0) is 48.9 Å². The molecule has 0 bridgehead atoms. The molecule has 5 nitrogen and oxygen atoms in total. The highest BCUT2D eigenvalue weighted by Gasteiger charge is 2.25. The van der Waals surface area contributed by atoms with Crippen LogP contribution in [-0.2, 0) is 4.79 Å². The fourth-order valence-corrected chi connectivity index (χ4v) is 3.60. The first kappa shape index (κ1) is 16.7. The predicted molar refractivity (Wildman–Crippen MR) is 97.3 cm³/mol. The number of nitrogens with one attached hydrogen (secondary N) is 2. The molecule has 0 radical (unpaired) electrons. The van der Waals surface area contributed by atoms with Gasteiger partial charge >= 0.3 is 0 Å². The van der Waals surface area contributed by atoms with E-state index in [1.807, 2.05) is 23.6 Å². The van der Waals surface area contributed by atoms with E-state index in [4.69, 9.17) is 5.73 Å². The number of amides is 2. The second-order valence-corrected chi connectivity index (χ2v) is 7.07. The summed E-state index contributed by atoms with van der Waals surface area (Å²) in [5.41, 5.74) is 7.30. The van der Waals surface area contributed by atoms with Gasteiger partial charge in [0.2, 0.25) is 5.91 Å². The summed E-state index contributed by atoms with van der Waals surface area (Å²) in [4.78, 5) is 25.1. The van der Waals surface area contributed by atoms with Crippen LogP contribution in [0.25, 0.3) is 0 Å². The van der Waals surface area contributed by atoms with Crippen molar-refractivity contribution < 1.29 is 9.59 Å². The molecular weight excluding hydrogens is 322 g/mol. The molecule has 1 aliphatic carbocycles. The Morgan fingerprint density at radius 3 is 2.58 bits per heavy atom. The molecule has 3 rings (SSSR count). The van der Waals surface area contributed by atoms with Crippen LogP contribution < -0.4 is 16.4 Å². The molecule has 1 aromatic heterocycles. The van der Waals surface area contributed by atoms with Gasteiger partial charge in [-0.1, -0.05) is 18.6 Å². The maximum atomic E-state index is 12.4. The smallest absolute Gasteiger partial charge is 0.265 e. The van der Waals surface area contributed by atoms with Crippen molar-refractivity contribution in [2.45, 2.75) is 31.7 Å². The summed E-state index contributed by atoms with van der Waals surface area (Å²) in [6, 6.07) is 10.9. The van der Waals surface area contributed by atoms with Crippen LogP contribution in [0, 0.1) is 5.92 Å². The fourth-order valence-electron chi connectivity index (χ4n) is 2.99. The molecule has 1 aliphatic rings. The largest absolute Gasteiger partial charge is 0.328 e. The lowest BCUT2D eigenvalue weighted by molar-refractivity contribution is -0.120. The van der Waals surface area contributed by atoms with E-state index in [2.05, 4.69) is 10.6 Å². The maximum Gasteiger partial charge on any atom is 0.265 e. The predicted octanol–water partition coefficient (Wildman–Crippen LogP) is 3.46. The molecule has 1 heterocycles. The minimum Gasteiger partial charge on any atom is -0.328 e. The Hall–Kier alpha value is -2.18. The first-order chi connectivity index (χ1) is 11.6. The molecule has 1 saturated carbocycles. The normalized spacial score (nSPS) is 20.4. The van der Waals surface area contributed by atoms with Crippen LogP contribution in [0.5, 0.6) is 0 Å². The Morgan fingerprint density at radius 2 is 1.88 bits per heavy atom. The van der Waals surface area contributed by atoms with E-state index in [1.54, 1.807) is 18.2 Å². The molecule has 1 fully saturated rings. The Balaban J connectivity index is 1.62. The number of hydrogen-bond donors (Lipinski definition) is 3. The average Bonchev–Trinajstić information content (AvgIpc) is 3.10. The third-order valence-corrected chi connectivity index (χ3v) is 5.09. The summed E-state index contributed by atoms with van der Waals surface area (Å²) in [5.74, 6) is -0.170. The second kappa shape index (κ2) is 7.59. The lowest BCUT2D eigenvalue weighted by atomic mass is 9.85. The van der Waals surface area contributed by atoms with Crippen molar-refractivity contribution in [3.8, 4) is 0 Å². The van der Waals surface area contributed by atoms with E-state index in [0.29, 0.717) is 16.3 Å². The SMILES string of the molecule is NC1CCCC(C(=O)Nc2cccc(NC(=O)c3cccs3)c2)C1. The summed E-state index contributed by atoms with van der Waals surface area (Å²) < 4.78 is 0. The van der Waals surface area contributed by atoms with E-state index in [1.165, 1.54) is 11.3 Å². The van der Waals surface area contributed by atoms with Crippen LogP contribution >= 0.6 is 11.3 Å². The van der Waals surface area contributed by atoms with Gasteiger partial charge in [-0.25, -0.2) is 0 Å². The molecule has 0 aliphatic heterocycles. The van der Waals surface area contributed by atoms with E-state index in [0.717, 1.165) is 25.7 Å². The van der Waals surface area contributed by atoms with Gasteiger partial charge in [0.1, 0.15) is 0 Å². The van der Waals surface area contributed by atoms with Crippen LogP contribution in [0.4, 0.5) is 11.4 Å². The van der Waals surface area contributed by atoms with E-state index in [-0.39, 0.29) is 23.8 Å². The summed E-state index contributed by atoms with van der Waals surface area (Å²) >= 11 is 1.39. The van der Waals surface area contributed by atoms with Gasteiger partial charge in [0.15, 0.2) is 0 Å². The van der Waals surface area contributed by atoms with Gasteiger partial charge < -0.3 is 16.4 Å². The molecule has 6 heteroatoms. The number of thiophene rings is 1. The highest BCUT2D eigenvalue weighted by molar-refractivity contribution is 7.12. The highest BCUT2D eigenvalue weighted by atomic mass is 32.1. The van der Waals surface area contributed by atoms with E-state index < -0.39 is 0 Å². The average molecular weight is 343 g/mol. The van der Waals surface area contributed by atoms with Gasteiger partial charge in [-0.2, -0.15) is 0 Å². The zero-order chi connectivity index (χ0) is 16.9. The van der Waals surface area contributed by atoms with E-state index >= 15 is 0 Å². The molecular formula is C18H21N3O2S. The summed E-state index contributed by atoms with van der Waals surface area (Å²) in [7, 11) is 0. The van der Waals surface area contributed by atoms with Crippen molar-refractivity contribution in [1.82, 2.24) is 0 Å². The van der Waals surface area contributed by atoms with Gasteiger partial charge in [-0.15, -0.1) is 11.3 Å². The molecule has 0 spiro atoms. The van der Waals surface area contributed by atoms with Crippen molar-refractivity contribution in [3.63, 3.8) is 0 Å². The zero-order valence-corrected chi connectivity index (χ0v) is 14.1. The Bertz CT molecular complexity index is 715. The number of carbonyl (C=O) groups excluding carboxylic acids is 2. The third-order valence-electron chi connectivity index (χ3n) is 4.22. The molecule has 126 valence electrons. The molecule has 0 saturated heterocycles. The molecule has 2 unspecified atom stereocenters. The quantitative estimate of drug-likeness (QED) is 0.795. The Labute approximate surface area is 145 Å². The van der Waals surface area contributed by atoms with Crippen molar-refractivity contribution in [3.05, 3.63) is 46.7 Å². The monoisotopic (exact) mass is 343 g/mol. The van der Waals surface area contributed by atoms with Crippen molar-refractivity contribution in [1.29, 1.82) is 0 Å². The Kier molecular flexibility index (Phi) is 5.27. The minimum absolute atomic E-state index is 0.00637. The van der Waals surface area contributed by atoms with Crippen LogP contribution in [-0.4, -0.2) is 17.9 Å². The van der Waals surface area contributed by atoms with Gasteiger partial charge in [-0.3, -0.25) is 9.59 Å². The van der Waals surface area contributed by atoms with Gasteiger partial charge in [0, 0.05) is 23.3 Å². The molecule has 2 atom stereocenters. The minimum atomic E-state index is -0.147. The first-order valence-corrected chi connectivity index (χ1v) is 9.01. The van der Waals surface area contributed by atoms with Gasteiger partial charge in [0.05, 0.1) is 4.88 Å². The molecule has 24 heavy (non-hydrogen) atoms. The second-order valence-electron chi connectivity index (χ2n) is 6.13. The summed E-state index contributed by atoms with van der Waals surface area (Å²) in [6.45, 7) is 0. The summed E-state index contributed by atoms with van der Waals surface area (Å²) in [5, 5.41) is 7.64. The topological polar surface area (TPSA) is 84.2 Å². The van der Waals surface area contributed by atoms with Crippen molar-refractivity contribution in [2.24, 2.45) is 11.7 Å². The third kappa shape index (κ3) is 4.21. The number of benzene rings is 1. The van der Waals surface area contributed by atoms with Gasteiger partial charge in [0.25, 0.3) is 5.91 Å². The zero-order valence-electron chi connectivity index (χ0n) is 13.3. The number of carbonyl (C=O) groups is 2. The lowest BCUT2D eigenvalue weighted by Gasteiger charge is -2.25. The first-order valence-electron chi connectivity index (χ1n) is 8.13. The van der Waals surface area contributed by atoms with Crippen LogP contribution in [0.15, 0.2) is 41.8 Å². The number of nitrogens with two attached hydrogens (primary N) is 1. The van der Waals surface area contributed by atoms with Crippen LogP contribution in [0.3, 0.4) is 0 Å². The number of hydrogen-bond acceptors (Lipinski definition) is 4.